The zero-order chi connectivity index (χ0) is 14.5. The first-order chi connectivity index (χ1) is 9.65. The van der Waals surface area contributed by atoms with E-state index in [4.69, 9.17) is 9.47 Å². The highest BCUT2D eigenvalue weighted by molar-refractivity contribution is 5.74. The summed E-state index contributed by atoms with van der Waals surface area (Å²) in [5.74, 6) is 1.55. The third kappa shape index (κ3) is 2.96. The number of ether oxygens (including phenoxy) is 2. The lowest BCUT2D eigenvalue weighted by molar-refractivity contribution is 0.112. The maximum Gasteiger partial charge on any atom is 0.150 e. The first-order valence-corrected chi connectivity index (χ1v) is 6.32. The van der Waals surface area contributed by atoms with Crippen molar-refractivity contribution in [1.82, 2.24) is 4.98 Å². The number of methoxy groups -OCH3 is 1. The number of benzene rings is 1. The molecule has 2 aromatic rings. The third-order valence-corrected chi connectivity index (χ3v) is 3.14. The average Bonchev–Trinajstić information content (AvgIpc) is 2.47. The molecule has 104 valence electrons. The van der Waals surface area contributed by atoms with Crippen molar-refractivity contribution >= 4 is 6.29 Å². The smallest absolute Gasteiger partial charge is 0.150 e. The molecule has 2 rings (SSSR count). The molecule has 0 amide bonds. The normalized spacial score (nSPS) is 10.2. The Balaban J connectivity index is 2.12. The first kappa shape index (κ1) is 14.1. The van der Waals surface area contributed by atoms with Crippen LogP contribution >= 0.6 is 0 Å². The van der Waals surface area contributed by atoms with Crippen LogP contribution in [0.25, 0.3) is 0 Å². The Morgan fingerprint density at radius 2 is 1.90 bits per heavy atom. The van der Waals surface area contributed by atoms with E-state index in [0.29, 0.717) is 17.9 Å². The predicted molar refractivity (Wildman–Crippen MR) is 76.4 cm³/mol. The van der Waals surface area contributed by atoms with Crippen LogP contribution in [0.15, 0.2) is 30.5 Å². The predicted octanol–water partition coefficient (Wildman–Crippen LogP) is 3.10. The van der Waals surface area contributed by atoms with E-state index in [1.807, 2.05) is 13.8 Å². The fourth-order valence-electron chi connectivity index (χ4n) is 2.01. The van der Waals surface area contributed by atoms with Gasteiger partial charge in [-0.05, 0) is 38.1 Å². The minimum absolute atomic E-state index is 0.364. The van der Waals surface area contributed by atoms with E-state index in [-0.39, 0.29) is 0 Å². The number of aromatic nitrogens is 1. The zero-order valence-corrected chi connectivity index (χ0v) is 11.8. The largest absolute Gasteiger partial charge is 0.496 e. The van der Waals surface area contributed by atoms with Crippen LogP contribution in [-0.4, -0.2) is 18.4 Å². The summed E-state index contributed by atoms with van der Waals surface area (Å²) in [7, 11) is 1.65. The van der Waals surface area contributed by atoms with Crippen LogP contribution < -0.4 is 9.47 Å². The van der Waals surface area contributed by atoms with E-state index in [0.717, 1.165) is 28.9 Å². The monoisotopic (exact) mass is 271 g/mol. The molecule has 0 fully saturated rings. The van der Waals surface area contributed by atoms with Crippen LogP contribution in [0, 0.1) is 13.8 Å². The number of carbonyl (C=O) groups is 1. The first-order valence-electron chi connectivity index (χ1n) is 6.32. The minimum Gasteiger partial charge on any atom is -0.496 e. The molecule has 0 aliphatic rings. The quantitative estimate of drug-likeness (QED) is 0.784. The van der Waals surface area contributed by atoms with Crippen molar-refractivity contribution in [3.05, 3.63) is 52.8 Å². The van der Waals surface area contributed by atoms with Crippen molar-refractivity contribution in [2.24, 2.45) is 0 Å². The number of aryl methyl sites for hydroxylation is 1. The summed E-state index contributed by atoms with van der Waals surface area (Å²) in [6, 6.07) is 6.98. The van der Waals surface area contributed by atoms with Gasteiger partial charge in [-0.25, -0.2) is 0 Å². The van der Waals surface area contributed by atoms with Crippen molar-refractivity contribution in [3.8, 4) is 11.5 Å². The van der Waals surface area contributed by atoms with Crippen LogP contribution in [0.3, 0.4) is 0 Å². The molecule has 4 nitrogen and oxygen atoms in total. The highest BCUT2D eigenvalue weighted by Gasteiger charge is 2.09. The Hall–Kier alpha value is -2.36. The molecule has 0 unspecified atom stereocenters. The Labute approximate surface area is 118 Å². The van der Waals surface area contributed by atoms with E-state index in [9.17, 15) is 4.79 Å². The van der Waals surface area contributed by atoms with Gasteiger partial charge in [0.05, 0.1) is 12.8 Å². The standard InChI is InChI=1S/C16H17NO3/c1-11-8-17-15(12(2)16(11)19-3)10-20-14-6-4-13(9-18)5-7-14/h4-9H,10H2,1-3H3. The highest BCUT2D eigenvalue weighted by atomic mass is 16.5. The van der Waals surface area contributed by atoms with Gasteiger partial charge in [0, 0.05) is 22.9 Å². The summed E-state index contributed by atoms with van der Waals surface area (Å²) >= 11 is 0. The molecular weight excluding hydrogens is 254 g/mol. The second-order valence-corrected chi connectivity index (χ2v) is 4.52. The van der Waals surface area contributed by atoms with Crippen molar-refractivity contribution in [2.45, 2.75) is 20.5 Å². The average molecular weight is 271 g/mol. The number of carbonyl (C=O) groups excluding carboxylic acids is 1. The molecule has 0 aliphatic heterocycles. The molecule has 0 spiro atoms. The number of nitrogens with zero attached hydrogens (tertiary/aromatic N) is 1. The fourth-order valence-corrected chi connectivity index (χ4v) is 2.01. The summed E-state index contributed by atoms with van der Waals surface area (Å²) in [5, 5.41) is 0. The van der Waals surface area contributed by atoms with Gasteiger partial charge in [-0.15, -0.1) is 0 Å². The summed E-state index contributed by atoms with van der Waals surface area (Å²) in [6.45, 7) is 4.29. The topological polar surface area (TPSA) is 48.4 Å². The molecule has 0 saturated carbocycles. The SMILES string of the molecule is COc1c(C)cnc(COc2ccc(C=O)cc2)c1C. The highest BCUT2D eigenvalue weighted by Crippen LogP contribution is 2.24. The van der Waals surface area contributed by atoms with Crippen molar-refractivity contribution in [2.75, 3.05) is 7.11 Å². The van der Waals surface area contributed by atoms with Crippen LogP contribution in [0.4, 0.5) is 0 Å². The van der Waals surface area contributed by atoms with E-state index >= 15 is 0 Å². The second-order valence-electron chi connectivity index (χ2n) is 4.52. The summed E-state index contributed by atoms with van der Waals surface area (Å²) < 4.78 is 11.0. The number of hydrogen-bond acceptors (Lipinski definition) is 4. The number of rotatable bonds is 5. The van der Waals surface area contributed by atoms with Gasteiger partial charge in [0.15, 0.2) is 0 Å². The van der Waals surface area contributed by atoms with Crippen molar-refractivity contribution in [1.29, 1.82) is 0 Å². The Kier molecular flexibility index (Phi) is 4.35. The molecule has 1 aromatic heterocycles. The van der Waals surface area contributed by atoms with Gasteiger partial charge in [0.25, 0.3) is 0 Å². The second kappa shape index (κ2) is 6.19. The van der Waals surface area contributed by atoms with Gasteiger partial charge in [-0.1, -0.05) is 0 Å². The molecule has 20 heavy (non-hydrogen) atoms. The maximum atomic E-state index is 10.6. The molecule has 0 saturated heterocycles. The lowest BCUT2D eigenvalue weighted by Gasteiger charge is -2.13. The van der Waals surface area contributed by atoms with Gasteiger partial charge in [-0.3, -0.25) is 9.78 Å². The number of hydrogen-bond donors (Lipinski definition) is 0. The lowest BCUT2D eigenvalue weighted by Crippen LogP contribution is -2.04. The zero-order valence-electron chi connectivity index (χ0n) is 11.8. The summed E-state index contributed by atoms with van der Waals surface area (Å²) in [4.78, 5) is 15.0. The van der Waals surface area contributed by atoms with Gasteiger partial charge in [0.2, 0.25) is 0 Å². The summed E-state index contributed by atoms with van der Waals surface area (Å²) in [5.41, 5.74) is 3.46. The van der Waals surface area contributed by atoms with Gasteiger partial charge in [0.1, 0.15) is 24.4 Å². The van der Waals surface area contributed by atoms with E-state index in [1.54, 1.807) is 37.6 Å². The molecule has 0 bridgehead atoms. The van der Waals surface area contributed by atoms with Crippen molar-refractivity contribution in [3.63, 3.8) is 0 Å². The summed E-state index contributed by atoms with van der Waals surface area (Å²) in [6.07, 6.45) is 2.58. The Morgan fingerprint density at radius 1 is 1.20 bits per heavy atom. The van der Waals surface area contributed by atoms with E-state index in [1.165, 1.54) is 0 Å². The molecule has 0 N–H and O–H groups in total. The van der Waals surface area contributed by atoms with Crippen LogP contribution in [0.5, 0.6) is 11.5 Å². The van der Waals surface area contributed by atoms with Crippen LogP contribution in [0.1, 0.15) is 27.2 Å². The van der Waals surface area contributed by atoms with E-state index in [2.05, 4.69) is 4.98 Å². The van der Waals surface area contributed by atoms with Gasteiger partial charge >= 0.3 is 0 Å². The lowest BCUT2D eigenvalue weighted by atomic mass is 10.1. The molecule has 0 atom stereocenters. The Morgan fingerprint density at radius 3 is 2.50 bits per heavy atom. The van der Waals surface area contributed by atoms with Gasteiger partial charge < -0.3 is 9.47 Å². The molecule has 1 aromatic carbocycles. The third-order valence-electron chi connectivity index (χ3n) is 3.14. The Bertz CT molecular complexity index is 606. The molecular formula is C16H17NO3. The maximum absolute atomic E-state index is 10.6. The van der Waals surface area contributed by atoms with Crippen LogP contribution in [-0.2, 0) is 6.61 Å². The van der Waals surface area contributed by atoms with Crippen LogP contribution in [0.2, 0.25) is 0 Å². The van der Waals surface area contributed by atoms with E-state index < -0.39 is 0 Å². The number of pyridine rings is 1. The molecule has 0 radical (unpaired) electrons. The molecule has 0 aliphatic carbocycles. The minimum atomic E-state index is 0.364. The van der Waals surface area contributed by atoms with Gasteiger partial charge in [-0.2, -0.15) is 0 Å². The van der Waals surface area contributed by atoms with Crippen molar-refractivity contribution < 1.29 is 14.3 Å². The molecule has 1 heterocycles. The number of aldehydes is 1. The molecule has 4 heteroatoms. The fraction of sp³-hybridized carbons (Fsp3) is 0.250.